The van der Waals surface area contributed by atoms with E-state index >= 15 is 0 Å². The van der Waals surface area contributed by atoms with Gasteiger partial charge in [-0.15, -0.1) is 11.3 Å². The minimum Gasteiger partial charge on any atom is -0.481 e. The van der Waals surface area contributed by atoms with Gasteiger partial charge in [0.05, 0.1) is 12.1 Å². The van der Waals surface area contributed by atoms with Crippen LogP contribution in [0.1, 0.15) is 35.7 Å². The second-order valence-corrected chi connectivity index (χ2v) is 8.26. The molecule has 31 heavy (non-hydrogen) atoms. The molecule has 6 nitrogen and oxygen atoms in total. The number of hydrogen-bond donors (Lipinski definition) is 2. The lowest BCUT2D eigenvalue weighted by Crippen LogP contribution is -2.26. The summed E-state index contributed by atoms with van der Waals surface area (Å²) < 4.78 is 0. The fourth-order valence-corrected chi connectivity index (χ4v) is 4.17. The van der Waals surface area contributed by atoms with Crippen molar-refractivity contribution < 1.29 is 14.7 Å². The Morgan fingerprint density at radius 2 is 1.90 bits per heavy atom. The molecule has 3 rings (SSSR count). The van der Waals surface area contributed by atoms with E-state index < -0.39 is 5.97 Å². The van der Waals surface area contributed by atoms with Crippen molar-refractivity contribution in [2.75, 3.05) is 18.0 Å². The van der Waals surface area contributed by atoms with Crippen molar-refractivity contribution in [3.05, 3.63) is 70.1 Å². The molecule has 2 aromatic carbocycles. The molecule has 0 aliphatic heterocycles. The number of anilines is 1. The van der Waals surface area contributed by atoms with E-state index in [1.807, 2.05) is 41.8 Å². The van der Waals surface area contributed by atoms with Crippen molar-refractivity contribution in [2.24, 2.45) is 0 Å². The maximum Gasteiger partial charge on any atom is 0.305 e. The molecule has 3 aromatic rings. The summed E-state index contributed by atoms with van der Waals surface area (Å²) in [6.07, 6.45) is 0.880. The van der Waals surface area contributed by atoms with Crippen LogP contribution in [0.2, 0.25) is 5.02 Å². The summed E-state index contributed by atoms with van der Waals surface area (Å²) in [5.74, 6) is -1.21. The van der Waals surface area contributed by atoms with E-state index in [-0.39, 0.29) is 18.9 Å². The number of halogens is 1. The molecule has 8 heteroatoms. The Morgan fingerprint density at radius 3 is 2.58 bits per heavy atom. The van der Waals surface area contributed by atoms with Crippen LogP contribution in [-0.4, -0.2) is 35.1 Å². The van der Waals surface area contributed by atoms with Crippen molar-refractivity contribution >= 4 is 39.9 Å². The molecule has 1 heterocycles. The zero-order chi connectivity index (χ0) is 22.2. The summed E-state index contributed by atoms with van der Waals surface area (Å²) in [6, 6.07) is 15.0. The molecule has 0 unspecified atom stereocenters. The highest BCUT2D eigenvalue weighted by Crippen LogP contribution is 2.32. The van der Waals surface area contributed by atoms with Crippen LogP contribution < -0.4 is 10.2 Å². The van der Waals surface area contributed by atoms with E-state index in [4.69, 9.17) is 21.7 Å². The van der Waals surface area contributed by atoms with E-state index in [0.717, 1.165) is 34.9 Å². The van der Waals surface area contributed by atoms with Gasteiger partial charge in [-0.25, -0.2) is 4.98 Å². The van der Waals surface area contributed by atoms with Gasteiger partial charge in [0.1, 0.15) is 0 Å². The summed E-state index contributed by atoms with van der Waals surface area (Å²) in [5.41, 5.74) is 3.35. The van der Waals surface area contributed by atoms with E-state index in [9.17, 15) is 9.59 Å². The smallest absolute Gasteiger partial charge is 0.305 e. The van der Waals surface area contributed by atoms with Crippen molar-refractivity contribution in [3.8, 4) is 11.3 Å². The monoisotopic (exact) mass is 457 g/mol. The third-order valence-electron chi connectivity index (χ3n) is 4.62. The lowest BCUT2D eigenvalue weighted by Gasteiger charge is -2.21. The summed E-state index contributed by atoms with van der Waals surface area (Å²) in [7, 11) is 0. The molecule has 0 atom stereocenters. The molecular formula is C23H24ClN3O3S. The number of aliphatic carboxylic acids is 1. The highest BCUT2D eigenvalue weighted by molar-refractivity contribution is 7.14. The second-order valence-electron chi connectivity index (χ2n) is 7.01. The first-order chi connectivity index (χ1) is 15.0. The van der Waals surface area contributed by atoms with Crippen molar-refractivity contribution in [3.63, 3.8) is 0 Å². The summed E-state index contributed by atoms with van der Waals surface area (Å²) in [4.78, 5) is 29.7. The number of thiazole rings is 1. The number of carboxylic acids is 1. The third kappa shape index (κ3) is 6.29. The van der Waals surface area contributed by atoms with Crippen LogP contribution in [0.15, 0.2) is 53.9 Å². The fourth-order valence-electron chi connectivity index (χ4n) is 3.08. The van der Waals surface area contributed by atoms with Crippen molar-refractivity contribution in [1.82, 2.24) is 10.3 Å². The van der Waals surface area contributed by atoms with Crippen LogP contribution in [0.4, 0.5) is 5.13 Å². The Kier molecular flexibility index (Phi) is 8.03. The maximum atomic E-state index is 12.1. The lowest BCUT2D eigenvalue weighted by molar-refractivity contribution is -0.136. The topological polar surface area (TPSA) is 82.5 Å². The number of carbonyl (C=O) groups is 2. The van der Waals surface area contributed by atoms with Gasteiger partial charge >= 0.3 is 5.97 Å². The Labute approximate surface area is 190 Å². The molecule has 0 spiro atoms. The maximum absolute atomic E-state index is 12.1. The molecule has 0 fully saturated rings. The number of nitrogens with zero attached hydrogens (tertiary/aromatic N) is 2. The van der Waals surface area contributed by atoms with Crippen LogP contribution in [0.5, 0.6) is 0 Å². The second kappa shape index (κ2) is 10.9. The summed E-state index contributed by atoms with van der Waals surface area (Å²) >= 11 is 7.90. The first-order valence-corrected chi connectivity index (χ1v) is 11.3. The molecule has 0 radical (unpaired) electrons. The van der Waals surface area contributed by atoms with Crippen molar-refractivity contribution in [1.29, 1.82) is 0 Å². The van der Waals surface area contributed by atoms with Crippen LogP contribution in [0.3, 0.4) is 0 Å². The molecule has 2 N–H and O–H groups in total. The van der Waals surface area contributed by atoms with Gasteiger partial charge in [-0.05, 0) is 30.2 Å². The van der Waals surface area contributed by atoms with Gasteiger partial charge in [0.15, 0.2) is 5.13 Å². The van der Waals surface area contributed by atoms with E-state index in [0.29, 0.717) is 17.1 Å². The Bertz CT molecular complexity index is 1040. The minimum atomic E-state index is -0.938. The lowest BCUT2D eigenvalue weighted by atomic mass is 10.1. The molecule has 1 aromatic heterocycles. The molecule has 0 saturated heterocycles. The predicted molar refractivity (Wildman–Crippen MR) is 125 cm³/mol. The molecule has 0 aliphatic rings. The molecule has 162 valence electrons. The first kappa shape index (κ1) is 22.8. The van der Waals surface area contributed by atoms with Gasteiger partial charge in [-0.2, -0.15) is 0 Å². The number of amides is 1. The molecule has 0 saturated carbocycles. The number of carbonyl (C=O) groups excluding carboxylic acids is 1. The number of nitrogens with one attached hydrogen (secondary N) is 1. The normalized spacial score (nSPS) is 10.6. The number of carboxylic acid groups (broad SMARTS) is 1. The van der Waals surface area contributed by atoms with Crippen LogP contribution in [0, 0.1) is 0 Å². The summed E-state index contributed by atoms with van der Waals surface area (Å²) in [5, 5.41) is 14.9. The van der Waals surface area contributed by atoms with Crippen LogP contribution in [0.25, 0.3) is 11.3 Å². The number of rotatable bonds is 10. The zero-order valence-electron chi connectivity index (χ0n) is 17.2. The highest BCUT2D eigenvalue weighted by Gasteiger charge is 2.14. The molecular weight excluding hydrogens is 434 g/mol. The standard InChI is InChI=1S/C23H24ClN3O3S/c1-2-13-27(23-26-20(15-31-23)18-5-3-4-6-19(18)24)14-16-7-9-17(10-8-16)22(30)25-12-11-21(28)29/h3-10,15H,2,11-14H2,1H3,(H,25,30)(H,28,29). The van der Waals surface area contributed by atoms with Crippen molar-refractivity contribution in [2.45, 2.75) is 26.3 Å². The Balaban J connectivity index is 1.68. The van der Waals surface area contributed by atoms with Crippen LogP contribution >= 0.6 is 22.9 Å². The predicted octanol–water partition coefficient (Wildman–Crippen LogP) is 5.08. The zero-order valence-corrected chi connectivity index (χ0v) is 18.7. The van der Waals surface area contributed by atoms with Gasteiger partial charge in [0.2, 0.25) is 0 Å². The third-order valence-corrected chi connectivity index (χ3v) is 5.85. The largest absolute Gasteiger partial charge is 0.481 e. The molecule has 1 amide bonds. The quantitative estimate of drug-likeness (QED) is 0.443. The number of hydrogen-bond acceptors (Lipinski definition) is 5. The van der Waals surface area contributed by atoms with Gasteiger partial charge in [-0.3, -0.25) is 9.59 Å². The van der Waals surface area contributed by atoms with E-state index in [2.05, 4.69) is 17.1 Å². The van der Waals surface area contributed by atoms with Gasteiger partial charge in [-0.1, -0.05) is 48.9 Å². The number of benzene rings is 2. The molecule has 0 aliphatic carbocycles. The average Bonchev–Trinajstić information content (AvgIpc) is 3.24. The average molecular weight is 458 g/mol. The molecule has 0 bridgehead atoms. The number of aromatic nitrogens is 1. The van der Waals surface area contributed by atoms with Gasteiger partial charge in [0.25, 0.3) is 5.91 Å². The van der Waals surface area contributed by atoms with Crippen LogP contribution in [-0.2, 0) is 11.3 Å². The van der Waals surface area contributed by atoms with Gasteiger partial charge in [0, 0.05) is 41.2 Å². The van der Waals surface area contributed by atoms with Gasteiger partial charge < -0.3 is 15.3 Å². The summed E-state index contributed by atoms with van der Waals surface area (Å²) in [6.45, 7) is 3.76. The first-order valence-electron chi connectivity index (χ1n) is 10.0. The van der Waals surface area contributed by atoms with E-state index in [1.54, 1.807) is 23.5 Å². The fraction of sp³-hybridized carbons (Fsp3) is 0.261. The highest BCUT2D eigenvalue weighted by atomic mass is 35.5. The minimum absolute atomic E-state index is 0.0974. The Morgan fingerprint density at radius 1 is 1.16 bits per heavy atom. The Hall–Kier alpha value is -2.90. The van der Waals surface area contributed by atoms with E-state index in [1.165, 1.54) is 0 Å². The SMILES string of the molecule is CCCN(Cc1ccc(C(=O)NCCC(=O)O)cc1)c1nc(-c2ccccc2Cl)cs1.